The number of anilines is 6. The first kappa shape index (κ1) is 39.6. The van der Waals surface area contributed by atoms with E-state index in [1.165, 1.54) is 85.1 Å². The van der Waals surface area contributed by atoms with E-state index in [9.17, 15) is 0 Å². The lowest BCUT2D eigenvalue weighted by Gasteiger charge is -2.30. The molecular weight excluding hydrogens is 801 g/mol. The fraction of sp³-hybridized carbons (Fsp3) is 0.186. The number of rotatable bonds is 6. The van der Waals surface area contributed by atoms with E-state index >= 15 is 0 Å². The van der Waals surface area contributed by atoms with E-state index in [4.69, 9.17) is 0 Å². The van der Waals surface area contributed by atoms with Crippen molar-refractivity contribution in [3.05, 3.63) is 192 Å². The summed E-state index contributed by atoms with van der Waals surface area (Å²) in [6.45, 7) is 18.7. The van der Waals surface area contributed by atoms with Crippen molar-refractivity contribution in [3.63, 3.8) is 0 Å². The van der Waals surface area contributed by atoms with Crippen molar-refractivity contribution in [2.45, 2.75) is 71.6 Å². The van der Waals surface area contributed by atoms with E-state index in [0.29, 0.717) is 0 Å². The summed E-state index contributed by atoms with van der Waals surface area (Å²) in [6.07, 6.45) is 0. The molecule has 310 valence electrons. The maximum atomic E-state index is 2.55. The van der Waals surface area contributed by atoms with E-state index in [0.717, 1.165) is 22.7 Å². The predicted molar refractivity (Wildman–Crippen MR) is 277 cm³/mol. The third kappa shape index (κ3) is 6.32. The SMILES string of the molecule is CC(C)(C)c1ccc(N(c2ccccc2)c2cc3c(c4c2sc2ccccc24)-c2c(cc(N(c4ccccc4)c4ccc(C(C)(C)C)cc4)c4sc5ccccc5c24)C3(C)C)cc1. The van der Waals surface area contributed by atoms with Gasteiger partial charge in [0.05, 0.1) is 20.8 Å². The van der Waals surface area contributed by atoms with Crippen molar-refractivity contribution < 1.29 is 0 Å². The number of hydrogen-bond donors (Lipinski definition) is 0. The molecule has 2 aromatic heterocycles. The Morgan fingerprint density at radius 3 is 1.10 bits per heavy atom. The van der Waals surface area contributed by atoms with Crippen LogP contribution in [0.15, 0.2) is 170 Å². The second-order valence-corrected chi connectivity index (χ2v) is 21.9. The molecule has 0 saturated carbocycles. The Morgan fingerprint density at radius 1 is 0.397 bits per heavy atom. The number of hydrogen-bond acceptors (Lipinski definition) is 4. The molecule has 8 aromatic carbocycles. The van der Waals surface area contributed by atoms with E-state index in [2.05, 4.69) is 235 Å². The van der Waals surface area contributed by atoms with Crippen molar-refractivity contribution in [1.29, 1.82) is 0 Å². The van der Waals surface area contributed by atoms with Gasteiger partial charge in [0.25, 0.3) is 0 Å². The van der Waals surface area contributed by atoms with Crippen LogP contribution < -0.4 is 9.80 Å². The Balaban J connectivity index is 1.24. The van der Waals surface area contributed by atoms with Gasteiger partial charge in [-0.05, 0) is 117 Å². The summed E-state index contributed by atoms with van der Waals surface area (Å²) in [5.74, 6) is 0. The highest BCUT2D eigenvalue weighted by Gasteiger charge is 2.42. The third-order valence-corrected chi connectivity index (χ3v) is 15.7. The molecule has 63 heavy (non-hydrogen) atoms. The Morgan fingerprint density at radius 2 is 0.730 bits per heavy atom. The molecule has 1 aliphatic carbocycles. The Hall–Kier alpha value is -6.20. The Kier molecular flexibility index (Phi) is 9.07. The fourth-order valence-electron chi connectivity index (χ4n) is 9.98. The molecule has 0 aliphatic heterocycles. The Labute approximate surface area is 379 Å². The maximum Gasteiger partial charge on any atom is 0.0643 e. The fourth-order valence-corrected chi connectivity index (χ4v) is 12.4. The van der Waals surface area contributed by atoms with Crippen LogP contribution in [0.5, 0.6) is 0 Å². The van der Waals surface area contributed by atoms with Gasteiger partial charge in [0, 0.05) is 59.1 Å². The quantitative estimate of drug-likeness (QED) is 0.164. The third-order valence-electron chi connectivity index (χ3n) is 13.3. The van der Waals surface area contributed by atoms with Gasteiger partial charge >= 0.3 is 0 Å². The summed E-state index contributed by atoms with van der Waals surface area (Å²) in [6, 6.07) is 63.7. The number of para-hydroxylation sites is 2. The molecule has 4 heteroatoms. The van der Waals surface area contributed by atoms with Gasteiger partial charge in [-0.15, -0.1) is 22.7 Å². The van der Waals surface area contributed by atoms with Gasteiger partial charge in [0.15, 0.2) is 0 Å². The molecular formula is C59H52N2S2. The van der Waals surface area contributed by atoms with E-state index in [1.54, 1.807) is 0 Å². The second kappa shape index (κ2) is 14.4. The minimum Gasteiger partial charge on any atom is -0.309 e. The summed E-state index contributed by atoms with van der Waals surface area (Å²) in [4.78, 5) is 5.01. The predicted octanol–water partition coefficient (Wildman–Crippen LogP) is 18.3. The highest BCUT2D eigenvalue weighted by atomic mass is 32.1. The van der Waals surface area contributed by atoms with Crippen LogP contribution in [0.3, 0.4) is 0 Å². The van der Waals surface area contributed by atoms with Gasteiger partial charge < -0.3 is 9.80 Å². The lowest BCUT2D eigenvalue weighted by molar-refractivity contribution is 0.590. The zero-order chi connectivity index (χ0) is 43.4. The zero-order valence-electron chi connectivity index (χ0n) is 37.4. The van der Waals surface area contributed by atoms with Crippen LogP contribution in [0, 0.1) is 0 Å². The molecule has 0 saturated heterocycles. The summed E-state index contributed by atoms with van der Waals surface area (Å²) in [5.41, 5.74) is 15.0. The molecule has 0 N–H and O–H groups in total. The minimum atomic E-state index is -0.334. The van der Waals surface area contributed by atoms with Crippen LogP contribution in [0.4, 0.5) is 34.1 Å². The molecule has 0 bridgehead atoms. The van der Waals surface area contributed by atoms with Crippen LogP contribution in [-0.2, 0) is 16.2 Å². The molecule has 0 spiro atoms. The maximum absolute atomic E-state index is 2.55. The molecule has 1 aliphatic rings. The topological polar surface area (TPSA) is 6.48 Å². The van der Waals surface area contributed by atoms with Gasteiger partial charge in [-0.25, -0.2) is 0 Å². The highest BCUT2D eigenvalue weighted by Crippen LogP contribution is 2.62. The largest absolute Gasteiger partial charge is 0.309 e. The molecule has 10 aromatic rings. The summed E-state index contributed by atoms with van der Waals surface area (Å²) in [7, 11) is 0. The van der Waals surface area contributed by atoms with Crippen LogP contribution in [0.2, 0.25) is 0 Å². The van der Waals surface area contributed by atoms with Crippen LogP contribution in [0.25, 0.3) is 51.5 Å². The molecule has 0 unspecified atom stereocenters. The number of benzene rings is 8. The van der Waals surface area contributed by atoms with Gasteiger partial charge in [-0.2, -0.15) is 0 Å². The average molecular weight is 853 g/mol. The van der Waals surface area contributed by atoms with E-state index in [-0.39, 0.29) is 16.2 Å². The van der Waals surface area contributed by atoms with Gasteiger partial charge in [-0.3, -0.25) is 0 Å². The van der Waals surface area contributed by atoms with Crippen molar-refractivity contribution in [3.8, 4) is 11.1 Å². The first-order chi connectivity index (χ1) is 30.3. The lowest BCUT2D eigenvalue weighted by Crippen LogP contribution is -2.18. The van der Waals surface area contributed by atoms with Gasteiger partial charge in [0.1, 0.15) is 0 Å². The van der Waals surface area contributed by atoms with Crippen molar-refractivity contribution in [2.75, 3.05) is 9.80 Å². The first-order valence-electron chi connectivity index (χ1n) is 22.2. The minimum absolute atomic E-state index is 0.0558. The highest BCUT2D eigenvalue weighted by molar-refractivity contribution is 7.27. The first-order valence-corrected chi connectivity index (χ1v) is 23.8. The number of nitrogens with zero attached hydrogens (tertiary/aromatic N) is 2. The van der Waals surface area contributed by atoms with Crippen LogP contribution in [0.1, 0.15) is 77.6 Å². The molecule has 0 fully saturated rings. The molecule has 0 radical (unpaired) electrons. The standard InChI is InChI=1S/C59H52N2S2/c1-57(2,3)37-27-31-41(32-28-37)60(39-19-11-9-12-20-39)47-35-45-53(51-43-23-15-17-25-49(43)62-55(47)51)54-46(59(45,7)8)36-48(56-52(54)44-24-16-18-26-50(44)63-56)61(40-21-13-10-14-22-40)42-33-29-38(30-34-42)58(4,5)6/h9-36H,1-8H3. The van der Waals surface area contributed by atoms with Gasteiger partial charge in [0.2, 0.25) is 0 Å². The number of thiophene rings is 2. The van der Waals surface area contributed by atoms with Crippen molar-refractivity contribution >= 4 is 97.1 Å². The van der Waals surface area contributed by atoms with Crippen LogP contribution >= 0.6 is 22.7 Å². The molecule has 2 heterocycles. The van der Waals surface area contributed by atoms with Crippen molar-refractivity contribution in [2.24, 2.45) is 0 Å². The monoisotopic (exact) mass is 852 g/mol. The summed E-state index contributed by atoms with van der Waals surface area (Å²) < 4.78 is 5.23. The molecule has 0 atom stereocenters. The van der Waals surface area contributed by atoms with Gasteiger partial charge in [-0.1, -0.05) is 152 Å². The van der Waals surface area contributed by atoms with Crippen molar-refractivity contribution in [1.82, 2.24) is 0 Å². The second-order valence-electron chi connectivity index (χ2n) is 19.8. The zero-order valence-corrected chi connectivity index (χ0v) is 39.0. The Bertz CT molecular complexity index is 3130. The van der Waals surface area contributed by atoms with E-state index < -0.39 is 0 Å². The summed E-state index contributed by atoms with van der Waals surface area (Å²) in [5, 5.41) is 5.34. The molecule has 0 amide bonds. The van der Waals surface area contributed by atoms with Crippen LogP contribution in [-0.4, -0.2) is 0 Å². The lowest BCUT2D eigenvalue weighted by atomic mass is 9.81. The molecule has 2 nitrogen and oxygen atoms in total. The average Bonchev–Trinajstić information content (AvgIpc) is 3.93. The van der Waals surface area contributed by atoms with E-state index in [1.807, 2.05) is 22.7 Å². The normalized spacial score (nSPS) is 13.5. The smallest absolute Gasteiger partial charge is 0.0643 e. The molecule has 11 rings (SSSR count). The summed E-state index contributed by atoms with van der Waals surface area (Å²) >= 11 is 3.85. The number of fused-ring (bicyclic) bond motifs is 11.